The Morgan fingerprint density at radius 2 is 2.05 bits per heavy atom. The Labute approximate surface area is 135 Å². The molecule has 0 unspecified atom stereocenters. The van der Waals surface area contributed by atoms with Crippen LogP contribution in [0.4, 0.5) is 5.69 Å². The van der Waals surface area contributed by atoms with Crippen LogP contribution in [0.5, 0.6) is 11.5 Å². The zero-order valence-corrected chi connectivity index (χ0v) is 13.7. The van der Waals surface area contributed by atoms with Crippen molar-refractivity contribution in [1.29, 1.82) is 0 Å². The smallest absolute Gasteiger partial charge is 0.259 e. The van der Waals surface area contributed by atoms with Crippen LogP contribution in [0.2, 0.25) is 5.15 Å². The van der Waals surface area contributed by atoms with Gasteiger partial charge in [-0.1, -0.05) is 11.6 Å². The first kappa shape index (κ1) is 15.6. The minimum Gasteiger partial charge on any atom is -0.497 e. The van der Waals surface area contributed by atoms with Crippen LogP contribution in [0.15, 0.2) is 34.9 Å². The van der Waals surface area contributed by atoms with Gasteiger partial charge < -0.3 is 14.8 Å². The molecule has 0 atom stereocenters. The molecule has 0 bridgehead atoms. The largest absolute Gasteiger partial charge is 0.497 e. The van der Waals surface area contributed by atoms with Crippen molar-refractivity contribution in [2.45, 2.75) is 0 Å². The van der Waals surface area contributed by atoms with Crippen molar-refractivity contribution >= 4 is 39.1 Å². The summed E-state index contributed by atoms with van der Waals surface area (Å²) >= 11 is 9.23. The van der Waals surface area contributed by atoms with E-state index in [0.717, 1.165) is 0 Å². The molecular weight excluding hydrogens is 360 g/mol. The van der Waals surface area contributed by atoms with E-state index in [1.165, 1.54) is 14.2 Å². The van der Waals surface area contributed by atoms with E-state index in [1.807, 2.05) is 0 Å². The number of carbonyl (C=O) groups excluding carboxylic acids is 1. The molecule has 1 amide bonds. The summed E-state index contributed by atoms with van der Waals surface area (Å²) in [6.07, 6.45) is 1.55. The predicted octanol–water partition coefficient (Wildman–Crippen LogP) is 3.77. The molecule has 0 saturated carbocycles. The van der Waals surface area contributed by atoms with Crippen molar-refractivity contribution in [2.24, 2.45) is 0 Å². The number of ether oxygens (including phenoxy) is 2. The van der Waals surface area contributed by atoms with Crippen molar-refractivity contribution in [2.75, 3.05) is 19.5 Å². The SMILES string of the molecule is COc1ccc(OC)c(C(=O)Nc2cc(Br)cnc2Cl)c1. The zero-order chi connectivity index (χ0) is 15.4. The molecule has 0 spiro atoms. The Bertz CT molecular complexity index is 679. The van der Waals surface area contributed by atoms with E-state index in [9.17, 15) is 4.79 Å². The molecule has 5 nitrogen and oxygen atoms in total. The number of anilines is 1. The maximum absolute atomic E-state index is 12.4. The van der Waals surface area contributed by atoms with E-state index in [4.69, 9.17) is 21.1 Å². The highest BCUT2D eigenvalue weighted by atomic mass is 79.9. The fourth-order valence-electron chi connectivity index (χ4n) is 1.69. The number of nitrogens with one attached hydrogen (secondary N) is 1. The van der Waals surface area contributed by atoms with Gasteiger partial charge in [0, 0.05) is 10.7 Å². The number of benzene rings is 1. The van der Waals surface area contributed by atoms with Gasteiger partial charge in [-0.25, -0.2) is 4.98 Å². The molecule has 1 aromatic carbocycles. The van der Waals surface area contributed by atoms with E-state index >= 15 is 0 Å². The predicted molar refractivity (Wildman–Crippen MR) is 84.4 cm³/mol. The van der Waals surface area contributed by atoms with Crippen LogP contribution in [-0.2, 0) is 0 Å². The molecule has 0 fully saturated rings. The lowest BCUT2D eigenvalue weighted by molar-refractivity contribution is 0.102. The van der Waals surface area contributed by atoms with Gasteiger partial charge in [0.05, 0.1) is 25.5 Å². The third-order valence-electron chi connectivity index (χ3n) is 2.71. The van der Waals surface area contributed by atoms with Crippen molar-refractivity contribution in [3.8, 4) is 11.5 Å². The maximum Gasteiger partial charge on any atom is 0.259 e. The van der Waals surface area contributed by atoms with E-state index in [2.05, 4.69) is 26.2 Å². The van der Waals surface area contributed by atoms with Gasteiger partial charge >= 0.3 is 0 Å². The number of nitrogens with zero attached hydrogens (tertiary/aromatic N) is 1. The van der Waals surface area contributed by atoms with Gasteiger partial charge in [0.25, 0.3) is 5.91 Å². The van der Waals surface area contributed by atoms with E-state index in [1.54, 1.807) is 30.5 Å². The molecule has 0 aliphatic heterocycles. The Morgan fingerprint density at radius 3 is 2.71 bits per heavy atom. The quantitative estimate of drug-likeness (QED) is 0.831. The number of halogens is 2. The minimum atomic E-state index is -0.368. The van der Waals surface area contributed by atoms with Crippen molar-refractivity contribution < 1.29 is 14.3 Å². The lowest BCUT2D eigenvalue weighted by Gasteiger charge is -2.11. The van der Waals surface area contributed by atoms with Crippen LogP contribution in [0.3, 0.4) is 0 Å². The fraction of sp³-hybridized carbons (Fsp3) is 0.143. The van der Waals surface area contributed by atoms with Gasteiger partial charge in [0.15, 0.2) is 5.15 Å². The topological polar surface area (TPSA) is 60.5 Å². The number of hydrogen-bond acceptors (Lipinski definition) is 4. The van der Waals surface area contributed by atoms with Crippen LogP contribution in [0, 0.1) is 0 Å². The Hall–Kier alpha value is -1.79. The third kappa shape index (κ3) is 3.65. The van der Waals surface area contributed by atoms with E-state index in [0.29, 0.717) is 27.2 Å². The minimum absolute atomic E-state index is 0.202. The van der Waals surface area contributed by atoms with Crippen molar-refractivity contribution in [3.05, 3.63) is 45.7 Å². The highest BCUT2D eigenvalue weighted by Crippen LogP contribution is 2.27. The normalized spacial score (nSPS) is 10.1. The lowest BCUT2D eigenvalue weighted by atomic mass is 10.1. The first-order valence-corrected chi connectivity index (χ1v) is 7.06. The molecule has 2 aromatic rings. The molecule has 1 aromatic heterocycles. The lowest BCUT2D eigenvalue weighted by Crippen LogP contribution is -2.14. The number of hydrogen-bond donors (Lipinski definition) is 1. The van der Waals surface area contributed by atoms with Gasteiger partial charge in [-0.15, -0.1) is 0 Å². The second-order valence-electron chi connectivity index (χ2n) is 4.01. The Kier molecular flexibility index (Phi) is 5.03. The molecule has 1 heterocycles. The summed E-state index contributed by atoms with van der Waals surface area (Å²) in [5.41, 5.74) is 0.744. The van der Waals surface area contributed by atoms with Crippen LogP contribution in [-0.4, -0.2) is 25.1 Å². The monoisotopic (exact) mass is 370 g/mol. The molecule has 2 rings (SSSR count). The Balaban J connectivity index is 2.33. The zero-order valence-electron chi connectivity index (χ0n) is 11.3. The molecule has 0 radical (unpaired) electrons. The summed E-state index contributed by atoms with van der Waals surface area (Å²) in [6, 6.07) is 6.63. The van der Waals surface area contributed by atoms with Crippen LogP contribution in [0.25, 0.3) is 0 Å². The van der Waals surface area contributed by atoms with Crippen LogP contribution in [0.1, 0.15) is 10.4 Å². The summed E-state index contributed by atoms with van der Waals surface area (Å²) in [4.78, 5) is 16.3. The molecule has 110 valence electrons. The second kappa shape index (κ2) is 6.78. The summed E-state index contributed by atoms with van der Waals surface area (Å²) in [7, 11) is 3.02. The molecule has 0 aliphatic carbocycles. The number of aromatic nitrogens is 1. The highest BCUT2D eigenvalue weighted by Gasteiger charge is 2.15. The number of carbonyl (C=O) groups is 1. The molecule has 0 aliphatic rings. The number of amides is 1. The first-order valence-electron chi connectivity index (χ1n) is 5.89. The maximum atomic E-state index is 12.4. The first-order chi connectivity index (χ1) is 10.0. The highest BCUT2D eigenvalue weighted by molar-refractivity contribution is 9.10. The molecule has 7 heteroatoms. The number of pyridine rings is 1. The molecule has 0 saturated heterocycles. The van der Waals surface area contributed by atoms with E-state index in [-0.39, 0.29) is 11.1 Å². The molecule has 1 N–H and O–H groups in total. The van der Waals surface area contributed by atoms with Gasteiger partial charge in [0.1, 0.15) is 11.5 Å². The van der Waals surface area contributed by atoms with Gasteiger partial charge in [-0.2, -0.15) is 0 Å². The van der Waals surface area contributed by atoms with Crippen LogP contribution >= 0.6 is 27.5 Å². The number of methoxy groups -OCH3 is 2. The fourth-order valence-corrected chi connectivity index (χ4v) is 2.17. The van der Waals surface area contributed by atoms with Gasteiger partial charge in [0.2, 0.25) is 0 Å². The summed E-state index contributed by atoms with van der Waals surface area (Å²) < 4.78 is 11.0. The molecular formula is C14H12BrClN2O3. The third-order valence-corrected chi connectivity index (χ3v) is 3.44. The van der Waals surface area contributed by atoms with E-state index < -0.39 is 0 Å². The standard InChI is InChI=1S/C14H12BrClN2O3/c1-20-9-3-4-12(21-2)10(6-9)14(19)18-11-5-8(15)7-17-13(11)16/h3-7H,1-2H3,(H,18,19). The average Bonchev–Trinajstić information content (AvgIpc) is 2.50. The van der Waals surface area contributed by atoms with Crippen molar-refractivity contribution in [1.82, 2.24) is 4.98 Å². The van der Waals surface area contributed by atoms with Gasteiger partial charge in [-0.05, 0) is 40.2 Å². The summed E-state index contributed by atoms with van der Waals surface area (Å²) in [5.74, 6) is 0.624. The summed E-state index contributed by atoms with van der Waals surface area (Å²) in [5, 5.41) is 2.90. The van der Waals surface area contributed by atoms with Gasteiger partial charge in [-0.3, -0.25) is 4.79 Å². The summed E-state index contributed by atoms with van der Waals surface area (Å²) in [6.45, 7) is 0. The second-order valence-corrected chi connectivity index (χ2v) is 5.29. The number of rotatable bonds is 4. The Morgan fingerprint density at radius 1 is 1.29 bits per heavy atom. The van der Waals surface area contributed by atoms with Crippen molar-refractivity contribution in [3.63, 3.8) is 0 Å². The molecule has 21 heavy (non-hydrogen) atoms. The average molecular weight is 372 g/mol. The van der Waals surface area contributed by atoms with Crippen LogP contribution < -0.4 is 14.8 Å².